The minimum Gasteiger partial charge on any atom is -0.447 e. The molecule has 0 aromatic heterocycles. The van der Waals surface area contributed by atoms with Crippen LogP contribution >= 0.6 is 0 Å². The molecule has 0 N–H and O–H groups in total. The number of amides is 2. The molecule has 1 saturated heterocycles. The maximum atomic E-state index is 11.6. The van der Waals surface area contributed by atoms with E-state index in [9.17, 15) is 9.59 Å². The van der Waals surface area contributed by atoms with Crippen molar-refractivity contribution >= 4 is 12.0 Å². The lowest BCUT2D eigenvalue weighted by Gasteiger charge is -2.14. The summed E-state index contributed by atoms with van der Waals surface area (Å²) >= 11 is 0. The van der Waals surface area contributed by atoms with E-state index in [0.29, 0.717) is 0 Å². The Labute approximate surface area is 93.0 Å². The SMILES string of the molecule is C[C@@H](CC(=O)N1CCOC1=O)C(C#N)C#N. The molecular formula is C10H11N3O3. The molecule has 0 spiro atoms. The molecule has 1 atom stereocenters. The van der Waals surface area contributed by atoms with Crippen LogP contribution in [0.1, 0.15) is 13.3 Å². The van der Waals surface area contributed by atoms with Gasteiger partial charge in [-0.2, -0.15) is 10.5 Å². The standard InChI is InChI=1S/C10H11N3O3/c1-7(8(5-11)6-12)4-9(14)13-2-3-16-10(13)15/h7-8H,2-4H2,1H3/t7-/m0/s1. The Morgan fingerprint density at radius 3 is 2.62 bits per heavy atom. The number of cyclic esters (lactones) is 1. The van der Waals surface area contributed by atoms with Gasteiger partial charge in [-0.3, -0.25) is 4.79 Å². The Morgan fingerprint density at radius 1 is 1.56 bits per heavy atom. The number of hydrogen-bond donors (Lipinski definition) is 0. The summed E-state index contributed by atoms with van der Waals surface area (Å²) in [6.07, 6.45) is -0.649. The van der Waals surface area contributed by atoms with Gasteiger partial charge in [0.1, 0.15) is 12.5 Å². The monoisotopic (exact) mass is 221 g/mol. The van der Waals surface area contributed by atoms with Crippen LogP contribution in [0.3, 0.4) is 0 Å². The van der Waals surface area contributed by atoms with Crippen LogP contribution in [-0.2, 0) is 9.53 Å². The molecule has 0 saturated carbocycles. The fraction of sp³-hybridized carbons (Fsp3) is 0.600. The molecule has 0 bridgehead atoms. The minimum atomic E-state index is -0.831. The van der Waals surface area contributed by atoms with Crippen molar-refractivity contribution in [2.75, 3.05) is 13.2 Å². The largest absolute Gasteiger partial charge is 0.447 e. The molecule has 1 aliphatic heterocycles. The molecule has 0 aliphatic carbocycles. The third kappa shape index (κ3) is 2.48. The van der Waals surface area contributed by atoms with E-state index in [0.717, 1.165) is 4.90 Å². The normalized spacial score (nSPS) is 16.5. The van der Waals surface area contributed by atoms with Crippen molar-refractivity contribution in [2.24, 2.45) is 11.8 Å². The van der Waals surface area contributed by atoms with Crippen LogP contribution < -0.4 is 0 Å². The lowest BCUT2D eigenvalue weighted by atomic mass is 9.93. The van der Waals surface area contributed by atoms with Gasteiger partial charge >= 0.3 is 6.09 Å². The second-order valence-electron chi connectivity index (χ2n) is 3.58. The maximum Gasteiger partial charge on any atom is 0.416 e. The number of ether oxygens (including phenoxy) is 1. The van der Waals surface area contributed by atoms with E-state index in [1.165, 1.54) is 0 Å². The number of carbonyl (C=O) groups is 2. The predicted octanol–water partition coefficient (Wildman–Crippen LogP) is 0.655. The van der Waals surface area contributed by atoms with Crippen molar-refractivity contribution in [1.29, 1.82) is 10.5 Å². The molecule has 6 nitrogen and oxygen atoms in total. The number of imide groups is 1. The smallest absolute Gasteiger partial charge is 0.416 e. The summed E-state index contributed by atoms with van der Waals surface area (Å²) in [5, 5.41) is 17.3. The van der Waals surface area contributed by atoms with Gasteiger partial charge in [-0.1, -0.05) is 6.92 Å². The quantitative estimate of drug-likeness (QED) is 0.697. The van der Waals surface area contributed by atoms with E-state index >= 15 is 0 Å². The first kappa shape index (κ1) is 12.0. The molecule has 1 heterocycles. The second-order valence-corrected chi connectivity index (χ2v) is 3.58. The molecule has 0 unspecified atom stereocenters. The van der Waals surface area contributed by atoms with E-state index < -0.39 is 23.8 Å². The zero-order chi connectivity index (χ0) is 12.1. The van der Waals surface area contributed by atoms with Crippen LogP contribution in [0.25, 0.3) is 0 Å². The number of carbonyl (C=O) groups excluding carboxylic acids is 2. The van der Waals surface area contributed by atoms with Crippen molar-refractivity contribution in [1.82, 2.24) is 4.90 Å². The van der Waals surface area contributed by atoms with Crippen LogP contribution in [0, 0.1) is 34.5 Å². The molecule has 16 heavy (non-hydrogen) atoms. The lowest BCUT2D eigenvalue weighted by molar-refractivity contribution is -0.128. The fourth-order valence-electron chi connectivity index (χ4n) is 1.41. The second kappa shape index (κ2) is 5.13. The Bertz CT molecular complexity index is 366. The highest BCUT2D eigenvalue weighted by atomic mass is 16.6. The summed E-state index contributed by atoms with van der Waals surface area (Å²) in [4.78, 5) is 23.7. The van der Waals surface area contributed by atoms with E-state index in [1.54, 1.807) is 6.92 Å². The van der Waals surface area contributed by atoms with E-state index in [1.807, 2.05) is 12.1 Å². The molecule has 84 valence electrons. The first-order chi connectivity index (χ1) is 7.60. The molecule has 1 rings (SSSR count). The lowest BCUT2D eigenvalue weighted by Crippen LogP contribution is -2.33. The molecule has 1 fully saturated rings. The van der Waals surface area contributed by atoms with Crippen molar-refractivity contribution in [2.45, 2.75) is 13.3 Å². The molecule has 0 aromatic rings. The molecule has 6 heteroatoms. The van der Waals surface area contributed by atoms with Crippen molar-refractivity contribution in [3.63, 3.8) is 0 Å². The summed E-state index contributed by atoms with van der Waals surface area (Å²) in [6.45, 7) is 2.09. The van der Waals surface area contributed by atoms with Gasteiger partial charge in [-0.25, -0.2) is 9.69 Å². The van der Waals surface area contributed by atoms with Gasteiger partial charge < -0.3 is 4.74 Å². The van der Waals surface area contributed by atoms with E-state index in [2.05, 4.69) is 4.74 Å². The number of hydrogen-bond acceptors (Lipinski definition) is 5. The third-order valence-electron chi connectivity index (χ3n) is 2.41. The fourth-order valence-corrected chi connectivity index (χ4v) is 1.41. The van der Waals surface area contributed by atoms with Crippen LogP contribution in [0.2, 0.25) is 0 Å². The number of nitrogens with zero attached hydrogens (tertiary/aromatic N) is 3. The highest BCUT2D eigenvalue weighted by molar-refractivity contribution is 5.93. The van der Waals surface area contributed by atoms with Crippen molar-refractivity contribution < 1.29 is 14.3 Å². The van der Waals surface area contributed by atoms with Crippen molar-refractivity contribution in [3.8, 4) is 12.1 Å². The third-order valence-corrected chi connectivity index (χ3v) is 2.41. The van der Waals surface area contributed by atoms with Crippen molar-refractivity contribution in [3.05, 3.63) is 0 Å². The molecule has 1 aliphatic rings. The summed E-state index contributed by atoms with van der Waals surface area (Å²) in [6, 6.07) is 3.62. The molecular weight excluding hydrogens is 210 g/mol. The predicted molar refractivity (Wildman–Crippen MR) is 51.6 cm³/mol. The molecule has 0 aromatic carbocycles. The van der Waals surface area contributed by atoms with Gasteiger partial charge in [0.2, 0.25) is 5.91 Å². The average molecular weight is 221 g/mol. The summed E-state index contributed by atoms with van der Waals surface area (Å²) in [7, 11) is 0. The zero-order valence-electron chi connectivity index (χ0n) is 8.84. The average Bonchev–Trinajstić information content (AvgIpc) is 2.66. The highest BCUT2D eigenvalue weighted by Crippen LogP contribution is 2.17. The maximum absolute atomic E-state index is 11.6. The Hall–Kier alpha value is -2.08. The van der Waals surface area contributed by atoms with E-state index in [4.69, 9.17) is 10.5 Å². The first-order valence-corrected chi connectivity index (χ1v) is 4.86. The zero-order valence-corrected chi connectivity index (χ0v) is 8.84. The number of rotatable bonds is 3. The molecule has 0 radical (unpaired) electrons. The Balaban J connectivity index is 2.55. The van der Waals surface area contributed by atoms with Gasteiger partial charge in [0.05, 0.1) is 18.7 Å². The van der Waals surface area contributed by atoms with Gasteiger partial charge in [0, 0.05) is 6.42 Å². The van der Waals surface area contributed by atoms with Gasteiger partial charge in [0.25, 0.3) is 0 Å². The van der Waals surface area contributed by atoms with Gasteiger partial charge in [-0.15, -0.1) is 0 Å². The number of nitriles is 2. The van der Waals surface area contributed by atoms with Gasteiger partial charge in [-0.05, 0) is 5.92 Å². The Morgan fingerprint density at radius 2 is 2.19 bits per heavy atom. The summed E-state index contributed by atoms with van der Waals surface area (Å²) < 4.78 is 4.62. The topological polar surface area (TPSA) is 94.2 Å². The van der Waals surface area contributed by atoms with Crippen LogP contribution in [0.4, 0.5) is 4.79 Å². The Kier molecular flexibility index (Phi) is 3.84. The first-order valence-electron chi connectivity index (χ1n) is 4.86. The highest BCUT2D eigenvalue weighted by Gasteiger charge is 2.30. The summed E-state index contributed by atoms with van der Waals surface area (Å²) in [5.41, 5.74) is 0. The van der Waals surface area contributed by atoms with E-state index in [-0.39, 0.29) is 19.6 Å². The minimum absolute atomic E-state index is 0.000880. The van der Waals surface area contributed by atoms with Crippen LogP contribution in [0.5, 0.6) is 0 Å². The van der Waals surface area contributed by atoms with Crippen LogP contribution in [-0.4, -0.2) is 30.1 Å². The summed E-state index contributed by atoms with van der Waals surface area (Å²) in [5.74, 6) is -1.62. The molecule has 2 amide bonds. The van der Waals surface area contributed by atoms with Gasteiger partial charge in [0.15, 0.2) is 0 Å². The van der Waals surface area contributed by atoms with Crippen LogP contribution in [0.15, 0.2) is 0 Å².